The van der Waals surface area contributed by atoms with Gasteiger partial charge in [-0.1, -0.05) is 24.3 Å². The number of halogens is 3. The summed E-state index contributed by atoms with van der Waals surface area (Å²) >= 11 is 0. The molecule has 0 saturated heterocycles. The fourth-order valence-corrected chi connectivity index (χ4v) is 3.36. The first-order chi connectivity index (χ1) is 15.3. The Morgan fingerprint density at radius 3 is 2.12 bits per heavy atom. The van der Waals surface area contributed by atoms with E-state index in [1.807, 2.05) is 24.3 Å². The standard InChI is InChI=1S/C24H23F3N2O3/c25-24(26,27)32-21-11-5-18(6-12-21)15-29(16-22-2-1-13-31-22)14-17-3-7-19(8-4-17)23(30)28-20-9-10-20/h1-8,11-13,20H,9-10,14-16H2,(H,28,30). The number of ether oxygens (including phenoxy) is 1. The second-order valence-electron chi connectivity index (χ2n) is 7.86. The zero-order valence-electron chi connectivity index (χ0n) is 17.3. The van der Waals surface area contributed by atoms with Crippen LogP contribution in [0.15, 0.2) is 71.3 Å². The molecule has 0 radical (unpaired) electrons. The van der Waals surface area contributed by atoms with Crippen LogP contribution in [0.4, 0.5) is 13.2 Å². The van der Waals surface area contributed by atoms with Crippen LogP contribution in [0.5, 0.6) is 5.75 Å². The normalized spacial score (nSPS) is 13.9. The maximum atomic E-state index is 12.4. The molecule has 0 atom stereocenters. The topological polar surface area (TPSA) is 54.7 Å². The van der Waals surface area contributed by atoms with Gasteiger partial charge in [0.2, 0.25) is 0 Å². The van der Waals surface area contributed by atoms with Crippen molar-refractivity contribution in [1.82, 2.24) is 10.2 Å². The van der Waals surface area contributed by atoms with E-state index in [2.05, 4.69) is 15.0 Å². The van der Waals surface area contributed by atoms with E-state index in [1.54, 1.807) is 30.5 Å². The fraction of sp³-hybridized carbons (Fsp3) is 0.292. The lowest BCUT2D eigenvalue weighted by Crippen LogP contribution is -2.25. The van der Waals surface area contributed by atoms with Gasteiger partial charge in [-0.25, -0.2) is 0 Å². The maximum absolute atomic E-state index is 12.4. The Morgan fingerprint density at radius 1 is 0.969 bits per heavy atom. The minimum atomic E-state index is -4.71. The van der Waals surface area contributed by atoms with E-state index in [4.69, 9.17) is 4.42 Å². The number of alkyl halides is 3. The molecule has 0 unspecified atom stereocenters. The minimum absolute atomic E-state index is 0.0624. The van der Waals surface area contributed by atoms with Gasteiger partial charge in [0.1, 0.15) is 11.5 Å². The van der Waals surface area contributed by atoms with Crippen molar-refractivity contribution in [3.8, 4) is 5.75 Å². The van der Waals surface area contributed by atoms with Crippen molar-refractivity contribution in [2.45, 2.75) is 44.9 Å². The SMILES string of the molecule is O=C(NC1CC1)c1ccc(CN(Cc2ccc(OC(F)(F)F)cc2)Cc2ccco2)cc1. The van der Waals surface area contributed by atoms with Crippen LogP contribution in [0, 0.1) is 0 Å². The third-order valence-electron chi connectivity index (χ3n) is 5.06. The van der Waals surface area contributed by atoms with E-state index in [9.17, 15) is 18.0 Å². The highest BCUT2D eigenvalue weighted by Crippen LogP contribution is 2.24. The molecule has 1 aromatic heterocycles. The Hall–Kier alpha value is -3.26. The summed E-state index contributed by atoms with van der Waals surface area (Å²) < 4.78 is 46.6. The summed E-state index contributed by atoms with van der Waals surface area (Å²) in [5.41, 5.74) is 2.47. The molecule has 3 aromatic rings. The Balaban J connectivity index is 1.42. The van der Waals surface area contributed by atoms with Crippen LogP contribution in [0.1, 0.15) is 40.1 Å². The molecule has 1 aliphatic rings. The fourth-order valence-electron chi connectivity index (χ4n) is 3.36. The molecule has 32 heavy (non-hydrogen) atoms. The van der Waals surface area contributed by atoms with Crippen molar-refractivity contribution in [3.05, 3.63) is 89.4 Å². The molecule has 0 aliphatic heterocycles. The predicted molar refractivity (Wildman–Crippen MR) is 112 cm³/mol. The van der Waals surface area contributed by atoms with Crippen molar-refractivity contribution in [1.29, 1.82) is 0 Å². The molecule has 1 saturated carbocycles. The number of amides is 1. The molecule has 1 aliphatic carbocycles. The minimum Gasteiger partial charge on any atom is -0.468 e. The number of carbonyl (C=O) groups is 1. The highest BCUT2D eigenvalue weighted by Gasteiger charge is 2.31. The summed E-state index contributed by atoms with van der Waals surface area (Å²) in [6.45, 7) is 1.60. The van der Waals surface area contributed by atoms with Crippen LogP contribution in [0.2, 0.25) is 0 Å². The molecule has 1 N–H and O–H groups in total. The summed E-state index contributed by atoms with van der Waals surface area (Å²) in [5, 5.41) is 2.97. The number of rotatable bonds is 9. The van der Waals surface area contributed by atoms with E-state index in [-0.39, 0.29) is 11.7 Å². The third-order valence-corrected chi connectivity index (χ3v) is 5.06. The zero-order chi connectivity index (χ0) is 22.6. The number of benzene rings is 2. The van der Waals surface area contributed by atoms with Gasteiger partial charge >= 0.3 is 6.36 Å². The molecule has 8 heteroatoms. The molecule has 4 rings (SSSR count). The van der Waals surface area contributed by atoms with Crippen molar-refractivity contribution in [2.75, 3.05) is 0 Å². The summed E-state index contributed by atoms with van der Waals surface area (Å²) in [7, 11) is 0. The van der Waals surface area contributed by atoms with Gasteiger partial charge in [0.15, 0.2) is 0 Å². The van der Waals surface area contributed by atoms with Crippen LogP contribution in [0.25, 0.3) is 0 Å². The van der Waals surface area contributed by atoms with E-state index in [1.165, 1.54) is 12.1 Å². The number of nitrogens with zero attached hydrogens (tertiary/aromatic N) is 1. The van der Waals surface area contributed by atoms with Crippen LogP contribution in [-0.4, -0.2) is 23.2 Å². The molecule has 5 nitrogen and oxygen atoms in total. The van der Waals surface area contributed by atoms with Gasteiger partial charge in [-0.05, 0) is 60.4 Å². The molecular formula is C24H23F3N2O3. The molecule has 1 amide bonds. The van der Waals surface area contributed by atoms with Gasteiger partial charge in [-0.2, -0.15) is 0 Å². The van der Waals surface area contributed by atoms with Gasteiger partial charge in [-0.15, -0.1) is 13.2 Å². The van der Waals surface area contributed by atoms with Crippen LogP contribution < -0.4 is 10.1 Å². The molecular weight excluding hydrogens is 421 g/mol. The Bertz CT molecular complexity index is 1010. The van der Waals surface area contributed by atoms with Crippen LogP contribution >= 0.6 is 0 Å². The Morgan fingerprint density at radius 2 is 1.59 bits per heavy atom. The molecule has 168 valence electrons. The second kappa shape index (κ2) is 9.48. The first kappa shape index (κ1) is 22.0. The largest absolute Gasteiger partial charge is 0.573 e. The van der Waals surface area contributed by atoms with Gasteiger partial charge in [-0.3, -0.25) is 9.69 Å². The zero-order valence-corrected chi connectivity index (χ0v) is 17.3. The summed E-state index contributed by atoms with van der Waals surface area (Å²) in [5.74, 6) is 0.467. The average Bonchev–Trinajstić information content (AvgIpc) is 3.41. The first-order valence-corrected chi connectivity index (χ1v) is 10.3. The highest BCUT2D eigenvalue weighted by atomic mass is 19.4. The number of hydrogen-bond donors (Lipinski definition) is 1. The molecule has 0 bridgehead atoms. The molecule has 1 fully saturated rings. The van der Waals surface area contributed by atoms with Crippen LogP contribution in [-0.2, 0) is 19.6 Å². The third kappa shape index (κ3) is 6.62. The summed E-state index contributed by atoms with van der Waals surface area (Å²) in [6, 6.07) is 17.3. The van der Waals surface area contributed by atoms with Gasteiger partial charge < -0.3 is 14.5 Å². The van der Waals surface area contributed by atoms with Crippen molar-refractivity contribution in [2.24, 2.45) is 0 Å². The first-order valence-electron chi connectivity index (χ1n) is 10.3. The van der Waals surface area contributed by atoms with E-state index in [0.717, 1.165) is 29.7 Å². The number of hydrogen-bond acceptors (Lipinski definition) is 4. The molecule has 0 spiro atoms. The highest BCUT2D eigenvalue weighted by molar-refractivity contribution is 5.94. The second-order valence-corrected chi connectivity index (χ2v) is 7.86. The lowest BCUT2D eigenvalue weighted by molar-refractivity contribution is -0.274. The summed E-state index contributed by atoms with van der Waals surface area (Å²) in [4.78, 5) is 14.3. The van der Waals surface area contributed by atoms with Crippen molar-refractivity contribution >= 4 is 5.91 Å². The lowest BCUT2D eigenvalue weighted by Gasteiger charge is -2.22. The van der Waals surface area contributed by atoms with Crippen LogP contribution in [0.3, 0.4) is 0 Å². The smallest absolute Gasteiger partial charge is 0.468 e. The quantitative estimate of drug-likeness (QED) is 0.488. The van der Waals surface area contributed by atoms with Crippen molar-refractivity contribution < 1.29 is 27.1 Å². The van der Waals surface area contributed by atoms with E-state index < -0.39 is 6.36 Å². The maximum Gasteiger partial charge on any atom is 0.573 e. The van der Waals surface area contributed by atoms with E-state index in [0.29, 0.717) is 31.2 Å². The van der Waals surface area contributed by atoms with E-state index >= 15 is 0 Å². The predicted octanol–water partition coefficient (Wildman–Crippen LogP) is 5.27. The molecule has 1 heterocycles. The lowest BCUT2D eigenvalue weighted by atomic mass is 10.1. The van der Waals surface area contributed by atoms with Gasteiger partial charge in [0.25, 0.3) is 5.91 Å². The Labute approximate surface area is 183 Å². The Kier molecular flexibility index (Phi) is 6.50. The average molecular weight is 444 g/mol. The molecule has 2 aromatic carbocycles. The van der Waals surface area contributed by atoms with Gasteiger partial charge in [0, 0.05) is 24.7 Å². The number of carbonyl (C=O) groups excluding carboxylic acids is 1. The number of furan rings is 1. The number of nitrogens with one attached hydrogen (secondary N) is 1. The monoisotopic (exact) mass is 444 g/mol. The van der Waals surface area contributed by atoms with Gasteiger partial charge in [0.05, 0.1) is 12.8 Å². The van der Waals surface area contributed by atoms with Crippen molar-refractivity contribution in [3.63, 3.8) is 0 Å². The summed E-state index contributed by atoms with van der Waals surface area (Å²) in [6.07, 6.45) is -1.04.